The van der Waals surface area contributed by atoms with Crippen LogP contribution in [0.15, 0.2) is 6.33 Å². The first kappa shape index (κ1) is 13.3. The lowest BCUT2D eigenvalue weighted by molar-refractivity contribution is -0.140. The van der Waals surface area contributed by atoms with E-state index in [1.807, 2.05) is 0 Å². The van der Waals surface area contributed by atoms with E-state index in [9.17, 15) is 9.18 Å². The lowest BCUT2D eigenvalue weighted by Crippen LogP contribution is -2.22. The van der Waals surface area contributed by atoms with Crippen molar-refractivity contribution in [3.05, 3.63) is 17.8 Å². The van der Waals surface area contributed by atoms with Crippen LogP contribution in [0.1, 0.15) is 18.5 Å². The minimum absolute atomic E-state index is 0.252. The van der Waals surface area contributed by atoms with Crippen LogP contribution in [0.4, 0.5) is 10.2 Å². The number of esters is 1. The third-order valence-electron chi connectivity index (χ3n) is 2.41. The predicted octanol–water partition coefficient (Wildman–Crippen LogP) is 1.31. The summed E-state index contributed by atoms with van der Waals surface area (Å²) in [6, 6.07) is 0. The third kappa shape index (κ3) is 3.65. The Balaban J connectivity index is 2.55. The third-order valence-corrected chi connectivity index (χ3v) is 2.41. The number of carbonyl (C=O) groups is 1. The quantitative estimate of drug-likeness (QED) is 0.727. The van der Waals surface area contributed by atoms with Crippen LogP contribution < -0.4 is 4.90 Å². The highest BCUT2D eigenvalue weighted by Crippen LogP contribution is 2.16. The summed E-state index contributed by atoms with van der Waals surface area (Å²) in [4.78, 5) is 20.2. The molecule has 1 heterocycles. The Morgan fingerprint density at radius 3 is 2.88 bits per heavy atom. The minimum atomic E-state index is -0.423. The van der Waals surface area contributed by atoms with Crippen LogP contribution in [0.2, 0.25) is 0 Å². The summed E-state index contributed by atoms with van der Waals surface area (Å²) < 4.78 is 18.2. The number of anilines is 1. The molecule has 0 N–H and O–H groups in total. The van der Waals surface area contributed by atoms with E-state index in [2.05, 4.69) is 14.7 Å². The molecule has 0 aromatic carbocycles. The number of aromatic nitrogens is 2. The Morgan fingerprint density at radius 2 is 2.24 bits per heavy atom. The van der Waals surface area contributed by atoms with Gasteiger partial charge in [-0.1, -0.05) is 0 Å². The maximum atomic E-state index is 13.6. The van der Waals surface area contributed by atoms with Crippen molar-refractivity contribution < 1.29 is 13.9 Å². The van der Waals surface area contributed by atoms with Gasteiger partial charge in [-0.25, -0.2) is 14.4 Å². The second-order valence-electron chi connectivity index (χ2n) is 3.70. The average Bonchev–Trinajstić information content (AvgIpc) is 2.32. The van der Waals surface area contributed by atoms with Crippen LogP contribution in [0.5, 0.6) is 0 Å². The molecule has 1 rings (SSSR count). The van der Waals surface area contributed by atoms with Crippen molar-refractivity contribution >= 4 is 11.8 Å². The van der Waals surface area contributed by atoms with Crippen LogP contribution in [0.3, 0.4) is 0 Å². The second-order valence-corrected chi connectivity index (χ2v) is 3.70. The SMILES string of the molecule is COC(=O)CCCN(C)c1ncnc(C)c1F. The number of ether oxygens (including phenoxy) is 1. The van der Waals surface area contributed by atoms with Gasteiger partial charge in [0.1, 0.15) is 6.33 Å². The molecule has 0 amide bonds. The van der Waals surface area contributed by atoms with Crippen molar-refractivity contribution in [3.8, 4) is 0 Å². The molecule has 0 aliphatic heterocycles. The number of rotatable bonds is 5. The highest BCUT2D eigenvalue weighted by molar-refractivity contribution is 5.69. The first-order chi connectivity index (χ1) is 8.06. The normalized spacial score (nSPS) is 10.1. The van der Waals surface area contributed by atoms with Crippen molar-refractivity contribution in [1.29, 1.82) is 0 Å². The van der Waals surface area contributed by atoms with E-state index in [1.54, 1.807) is 18.9 Å². The van der Waals surface area contributed by atoms with Crippen LogP contribution in [0, 0.1) is 12.7 Å². The number of carbonyl (C=O) groups excluding carboxylic acids is 1. The standard InChI is InChI=1S/C11H16FN3O2/c1-8-10(12)11(14-7-13-8)15(2)6-4-5-9(16)17-3/h7H,4-6H2,1-3H3. The van der Waals surface area contributed by atoms with Crippen molar-refractivity contribution in [2.75, 3.05) is 25.6 Å². The molecule has 0 radical (unpaired) electrons. The summed E-state index contributed by atoms with van der Waals surface area (Å²) in [6.45, 7) is 2.12. The van der Waals surface area contributed by atoms with Crippen molar-refractivity contribution in [3.63, 3.8) is 0 Å². The van der Waals surface area contributed by atoms with Gasteiger partial charge in [0.15, 0.2) is 11.6 Å². The van der Waals surface area contributed by atoms with Gasteiger partial charge >= 0.3 is 5.97 Å². The molecule has 0 atom stereocenters. The molecule has 17 heavy (non-hydrogen) atoms. The molecule has 1 aromatic heterocycles. The number of methoxy groups -OCH3 is 1. The fraction of sp³-hybridized carbons (Fsp3) is 0.545. The van der Waals surface area contributed by atoms with Gasteiger partial charge in [0.05, 0.1) is 12.8 Å². The van der Waals surface area contributed by atoms with Gasteiger partial charge < -0.3 is 9.64 Å². The Hall–Kier alpha value is -1.72. The van der Waals surface area contributed by atoms with Crippen LogP contribution in [-0.2, 0) is 9.53 Å². The summed E-state index contributed by atoms with van der Waals surface area (Å²) >= 11 is 0. The Bertz CT molecular complexity index is 398. The van der Waals surface area contributed by atoms with E-state index in [-0.39, 0.29) is 11.8 Å². The van der Waals surface area contributed by atoms with Gasteiger partial charge in [-0.05, 0) is 13.3 Å². The number of hydrogen-bond donors (Lipinski definition) is 0. The molecule has 0 unspecified atom stereocenters. The molecular weight excluding hydrogens is 225 g/mol. The van der Waals surface area contributed by atoms with E-state index >= 15 is 0 Å². The van der Waals surface area contributed by atoms with E-state index < -0.39 is 5.82 Å². The molecule has 6 heteroatoms. The Labute approximate surface area is 99.6 Å². The molecule has 1 aromatic rings. The topological polar surface area (TPSA) is 55.3 Å². The smallest absolute Gasteiger partial charge is 0.305 e. The first-order valence-corrected chi connectivity index (χ1v) is 5.31. The van der Waals surface area contributed by atoms with Gasteiger partial charge in [0.2, 0.25) is 0 Å². The molecule has 94 valence electrons. The largest absolute Gasteiger partial charge is 0.469 e. The number of nitrogens with zero attached hydrogens (tertiary/aromatic N) is 3. The van der Waals surface area contributed by atoms with Gasteiger partial charge in [-0.3, -0.25) is 4.79 Å². The number of hydrogen-bond acceptors (Lipinski definition) is 5. The van der Waals surface area contributed by atoms with Crippen LogP contribution in [-0.4, -0.2) is 36.6 Å². The maximum absolute atomic E-state index is 13.6. The minimum Gasteiger partial charge on any atom is -0.469 e. The number of halogens is 1. The molecule has 0 saturated carbocycles. The molecule has 0 fully saturated rings. The van der Waals surface area contributed by atoms with E-state index in [0.29, 0.717) is 25.1 Å². The summed E-state index contributed by atoms with van der Waals surface area (Å²) in [5.41, 5.74) is 0.315. The number of aryl methyl sites for hydroxylation is 1. The summed E-state index contributed by atoms with van der Waals surface area (Å²) in [5.74, 6) is -0.437. The van der Waals surface area contributed by atoms with Crippen LogP contribution in [0.25, 0.3) is 0 Å². The zero-order valence-electron chi connectivity index (χ0n) is 10.2. The zero-order chi connectivity index (χ0) is 12.8. The van der Waals surface area contributed by atoms with Crippen molar-refractivity contribution in [2.24, 2.45) is 0 Å². The summed E-state index contributed by atoms with van der Waals surface area (Å²) in [7, 11) is 3.07. The zero-order valence-corrected chi connectivity index (χ0v) is 10.2. The Kier molecular flexibility index (Phi) is 4.81. The average molecular weight is 241 g/mol. The maximum Gasteiger partial charge on any atom is 0.305 e. The van der Waals surface area contributed by atoms with Crippen molar-refractivity contribution in [1.82, 2.24) is 9.97 Å². The molecule has 5 nitrogen and oxygen atoms in total. The van der Waals surface area contributed by atoms with Crippen molar-refractivity contribution in [2.45, 2.75) is 19.8 Å². The molecular formula is C11H16FN3O2. The van der Waals surface area contributed by atoms with E-state index in [4.69, 9.17) is 0 Å². The predicted molar refractivity (Wildman–Crippen MR) is 61.2 cm³/mol. The molecule has 0 aliphatic rings. The summed E-state index contributed by atoms with van der Waals surface area (Å²) in [6.07, 6.45) is 2.22. The monoisotopic (exact) mass is 241 g/mol. The van der Waals surface area contributed by atoms with Gasteiger partial charge in [0.25, 0.3) is 0 Å². The van der Waals surface area contributed by atoms with E-state index in [0.717, 1.165) is 0 Å². The second kappa shape index (κ2) is 6.12. The molecule has 0 spiro atoms. The highest BCUT2D eigenvalue weighted by Gasteiger charge is 2.12. The fourth-order valence-corrected chi connectivity index (χ4v) is 1.38. The molecule has 0 saturated heterocycles. The molecule has 0 bridgehead atoms. The van der Waals surface area contributed by atoms with Crippen LogP contribution >= 0.6 is 0 Å². The fourth-order valence-electron chi connectivity index (χ4n) is 1.38. The van der Waals surface area contributed by atoms with E-state index in [1.165, 1.54) is 13.4 Å². The molecule has 0 aliphatic carbocycles. The van der Waals surface area contributed by atoms with Gasteiger partial charge in [0, 0.05) is 20.0 Å². The first-order valence-electron chi connectivity index (χ1n) is 5.31. The highest BCUT2D eigenvalue weighted by atomic mass is 19.1. The Morgan fingerprint density at radius 1 is 1.53 bits per heavy atom. The van der Waals surface area contributed by atoms with Gasteiger partial charge in [-0.2, -0.15) is 0 Å². The lowest BCUT2D eigenvalue weighted by atomic mass is 10.3. The summed E-state index contributed by atoms with van der Waals surface area (Å²) in [5, 5.41) is 0. The van der Waals surface area contributed by atoms with Gasteiger partial charge in [-0.15, -0.1) is 0 Å². The lowest BCUT2D eigenvalue weighted by Gasteiger charge is -2.18.